The number of halogens is 1. The molecular formula is C28H23ClN4O. The zero-order valence-corrected chi connectivity index (χ0v) is 19.6. The highest BCUT2D eigenvalue weighted by molar-refractivity contribution is 6.38. The third-order valence-electron chi connectivity index (χ3n) is 5.96. The lowest BCUT2D eigenvalue weighted by Crippen LogP contribution is -2.29. The lowest BCUT2D eigenvalue weighted by atomic mass is 9.81. The maximum absolute atomic E-state index is 12.2. The van der Waals surface area contributed by atoms with Gasteiger partial charge in [-0.2, -0.15) is 0 Å². The van der Waals surface area contributed by atoms with Gasteiger partial charge in [-0.25, -0.2) is 4.98 Å². The van der Waals surface area contributed by atoms with Crippen molar-refractivity contribution in [2.45, 2.75) is 5.60 Å². The van der Waals surface area contributed by atoms with Crippen LogP contribution in [0.3, 0.4) is 0 Å². The van der Waals surface area contributed by atoms with Gasteiger partial charge >= 0.3 is 0 Å². The Labute approximate surface area is 203 Å². The molecule has 0 atom stereocenters. The molecule has 0 bridgehead atoms. The van der Waals surface area contributed by atoms with Gasteiger partial charge in [-0.15, -0.1) is 0 Å². The van der Waals surface area contributed by atoms with Crippen molar-refractivity contribution in [3.63, 3.8) is 0 Å². The molecule has 5 aromatic rings. The van der Waals surface area contributed by atoms with Crippen LogP contribution in [0.1, 0.15) is 16.7 Å². The monoisotopic (exact) mass is 466 g/mol. The van der Waals surface area contributed by atoms with E-state index in [9.17, 15) is 5.11 Å². The molecule has 0 aliphatic heterocycles. The van der Waals surface area contributed by atoms with E-state index in [1.165, 1.54) is 0 Å². The number of anilines is 1. The first-order valence-electron chi connectivity index (χ1n) is 10.9. The fourth-order valence-electron chi connectivity index (χ4n) is 4.28. The van der Waals surface area contributed by atoms with Gasteiger partial charge in [0.15, 0.2) is 0 Å². The summed E-state index contributed by atoms with van der Waals surface area (Å²) < 4.78 is 0. The van der Waals surface area contributed by atoms with Gasteiger partial charge in [0.1, 0.15) is 11.4 Å². The molecule has 0 aliphatic rings. The predicted octanol–water partition coefficient (Wildman–Crippen LogP) is 5.70. The number of fused-ring (bicyclic) bond motifs is 1. The molecule has 0 unspecified atom stereocenters. The average Bonchev–Trinajstić information content (AvgIpc) is 2.89. The average molecular weight is 467 g/mol. The maximum Gasteiger partial charge on any atom is 0.143 e. The lowest BCUT2D eigenvalue weighted by molar-refractivity contribution is 0.125. The first-order valence-corrected chi connectivity index (χ1v) is 11.3. The minimum Gasteiger partial charge on any atom is -0.376 e. The van der Waals surface area contributed by atoms with E-state index in [1.807, 2.05) is 91.8 Å². The Morgan fingerprint density at radius 1 is 0.794 bits per heavy atom. The number of hydrogen-bond acceptors (Lipinski definition) is 5. The van der Waals surface area contributed by atoms with Crippen molar-refractivity contribution in [3.8, 4) is 11.1 Å². The summed E-state index contributed by atoms with van der Waals surface area (Å²) in [6.45, 7) is 0. The van der Waals surface area contributed by atoms with E-state index in [4.69, 9.17) is 16.6 Å². The van der Waals surface area contributed by atoms with Crippen molar-refractivity contribution in [1.29, 1.82) is 0 Å². The molecule has 5 rings (SSSR count). The molecule has 6 heteroatoms. The van der Waals surface area contributed by atoms with Crippen LogP contribution in [0.2, 0.25) is 5.02 Å². The highest BCUT2D eigenvalue weighted by Crippen LogP contribution is 2.42. The summed E-state index contributed by atoms with van der Waals surface area (Å²) in [5, 5.41) is 13.5. The lowest BCUT2D eigenvalue weighted by Gasteiger charge is -2.30. The van der Waals surface area contributed by atoms with Crippen LogP contribution >= 0.6 is 11.6 Å². The van der Waals surface area contributed by atoms with E-state index in [1.54, 1.807) is 24.8 Å². The number of hydrogen-bond donors (Lipinski definition) is 1. The van der Waals surface area contributed by atoms with Crippen molar-refractivity contribution < 1.29 is 5.11 Å². The molecule has 34 heavy (non-hydrogen) atoms. The van der Waals surface area contributed by atoms with E-state index >= 15 is 0 Å². The third kappa shape index (κ3) is 3.69. The number of aromatic nitrogens is 3. The van der Waals surface area contributed by atoms with Crippen LogP contribution in [-0.4, -0.2) is 34.2 Å². The normalized spacial score (nSPS) is 11.5. The predicted molar refractivity (Wildman–Crippen MR) is 137 cm³/mol. The van der Waals surface area contributed by atoms with Gasteiger partial charge in [-0.1, -0.05) is 60.1 Å². The van der Waals surface area contributed by atoms with Gasteiger partial charge < -0.3 is 10.0 Å². The summed E-state index contributed by atoms with van der Waals surface area (Å²) in [6, 6.07) is 23.0. The van der Waals surface area contributed by atoms with Crippen LogP contribution in [0.15, 0.2) is 97.6 Å². The topological polar surface area (TPSA) is 62.1 Å². The van der Waals surface area contributed by atoms with Crippen LogP contribution < -0.4 is 4.90 Å². The Morgan fingerprint density at radius 3 is 2.00 bits per heavy atom. The fraction of sp³-hybridized carbons (Fsp3) is 0.107. The Morgan fingerprint density at radius 2 is 1.44 bits per heavy atom. The Balaban J connectivity index is 1.80. The number of nitrogens with zero attached hydrogens (tertiary/aromatic N) is 4. The summed E-state index contributed by atoms with van der Waals surface area (Å²) >= 11 is 7.07. The Bertz CT molecular complexity index is 1400. The van der Waals surface area contributed by atoms with Gasteiger partial charge in [0.25, 0.3) is 0 Å². The van der Waals surface area contributed by atoms with E-state index in [2.05, 4.69) is 9.97 Å². The Hall–Kier alpha value is -3.80. The maximum atomic E-state index is 12.2. The second-order valence-electron chi connectivity index (χ2n) is 8.31. The van der Waals surface area contributed by atoms with Gasteiger partial charge in [-0.3, -0.25) is 9.97 Å². The van der Waals surface area contributed by atoms with Gasteiger partial charge in [-0.05, 0) is 35.4 Å². The summed E-state index contributed by atoms with van der Waals surface area (Å²) in [5.74, 6) is 0.784. The number of pyridine rings is 3. The third-order valence-corrected chi connectivity index (χ3v) is 6.36. The van der Waals surface area contributed by atoms with E-state index in [0.29, 0.717) is 21.7 Å². The van der Waals surface area contributed by atoms with E-state index in [0.717, 1.165) is 27.8 Å². The molecule has 0 radical (unpaired) electrons. The van der Waals surface area contributed by atoms with Crippen molar-refractivity contribution in [2.75, 3.05) is 19.0 Å². The molecular weight excluding hydrogens is 444 g/mol. The summed E-state index contributed by atoms with van der Waals surface area (Å²) in [7, 11) is 3.91. The molecule has 5 nitrogen and oxygen atoms in total. The minimum atomic E-state index is -1.47. The van der Waals surface area contributed by atoms with Crippen LogP contribution in [-0.2, 0) is 5.60 Å². The van der Waals surface area contributed by atoms with Crippen LogP contribution in [0.25, 0.3) is 22.0 Å². The van der Waals surface area contributed by atoms with Crippen LogP contribution in [0.4, 0.5) is 5.82 Å². The first-order chi connectivity index (χ1) is 16.5. The van der Waals surface area contributed by atoms with Crippen LogP contribution in [0, 0.1) is 0 Å². The molecule has 3 heterocycles. The molecule has 168 valence electrons. The molecule has 0 spiro atoms. The summed E-state index contributed by atoms with van der Waals surface area (Å²) in [5.41, 5.74) is 3.04. The van der Waals surface area contributed by atoms with E-state index in [-0.39, 0.29) is 0 Å². The zero-order chi connectivity index (χ0) is 23.7. The highest BCUT2D eigenvalue weighted by Gasteiger charge is 2.35. The molecule has 0 aliphatic carbocycles. The smallest absolute Gasteiger partial charge is 0.143 e. The quantitative estimate of drug-likeness (QED) is 0.360. The molecule has 2 aromatic carbocycles. The minimum absolute atomic E-state index is 0.585. The number of benzene rings is 2. The number of aliphatic hydroxyl groups is 1. The number of rotatable bonds is 5. The second-order valence-corrected chi connectivity index (χ2v) is 8.69. The fourth-order valence-corrected chi connectivity index (χ4v) is 4.62. The van der Waals surface area contributed by atoms with Gasteiger partial charge in [0, 0.05) is 61.0 Å². The highest BCUT2D eigenvalue weighted by atomic mass is 35.5. The summed E-state index contributed by atoms with van der Waals surface area (Å²) in [6.07, 6.45) is 6.70. The first kappa shape index (κ1) is 22.0. The van der Waals surface area contributed by atoms with Crippen molar-refractivity contribution in [3.05, 3.63) is 119 Å². The van der Waals surface area contributed by atoms with Crippen molar-refractivity contribution >= 4 is 28.3 Å². The van der Waals surface area contributed by atoms with Crippen molar-refractivity contribution in [2.24, 2.45) is 0 Å². The molecule has 0 amide bonds. The van der Waals surface area contributed by atoms with Gasteiger partial charge in [0.05, 0.1) is 10.5 Å². The van der Waals surface area contributed by atoms with Crippen LogP contribution in [0.5, 0.6) is 0 Å². The molecule has 0 saturated heterocycles. The molecule has 0 saturated carbocycles. The van der Waals surface area contributed by atoms with Gasteiger partial charge in [0.2, 0.25) is 0 Å². The largest absolute Gasteiger partial charge is 0.376 e. The SMILES string of the molecule is CN(C)c1nc2ccc(C(O)(c3cccnc3)c3cccnc3)cc2c(Cl)c1-c1ccccc1. The van der Waals surface area contributed by atoms with E-state index < -0.39 is 5.60 Å². The van der Waals surface area contributed by atoms with Crippen molar-refractivity contribution in [1.82, 2.24) is 15.0 Å². The summed E-state index contributed by atoms with van der Waals surface area (Å²) in [4.78, 5) is 15.4. The standard InChI is InChI=1S/C28H23ClN4O/c1-33(2)27-25(19-8-4-3-5-9-19)26(29)23-16-20(12-13-24(23)32-27)28(34,21-10-6-14-30-17-21)22-11-7-15-31-18-22/h3-18,34H,1-2H3. The molecule has 0 fully saturated rings. The second kappa shape index (κ2) is 8.86. The zero-order valence-electron chi connectivity index (χ0n) is 18.9. The molecule has 1 N–H and O–H groups in total. The Kier molecular flexibility index (Phi) is 5.74. The molecule has 3 aromatic heterocycles.